The standard InChI is InChI=1S/C12H12N4O3S/c1-7-14-12(20-16-7)15-11(19)13-6-8-2-4-9(5-3-8)10(17)18/h2-5H,6H2,1H3,(H,17,18)(H2,13,14,15,16,19). The van der Waals surface area contributed by atoms with Gasteiger partial charge in [-0.3, -0.25) is 5.32 Å². The maximum atomic E-state index is 11.6. The Balaban J connectivity index is 1.85. The number of nitrogens with zero attached hydrogens (tertiary/aromatic N) is 2. The summed E-state index contributed by atoms with van der Waals surface area (Å²) in [5.74, 6) is -0.372. The molecule has 0 fully saturated rings. The van der Waals surface area contributed by atoms with Crippen LogP contribution in [0.25, 0.3) is 0 Å². The van der Waals surface area contributed by atoms with Crippen LogP contribution in [-0.2, 0) is 6.54 Å². The molecule has 0 aliphatic carbocycles. The third-order valence-corrected chi connectivity index (χ3v) is 3.12. The maximum absolute atomic E-state index is 11.6. The molecule has 0 saturated heterocycles. The van der Waals surface area contributed by atoms with E-state index in [0.29, 0.717) is 17.5 Å². The number of aromatic nitrogens is 2. The van der Waals surface area contributed by atoms with E-state index in [1.807, 2.05) is 0 Å². The molecular weight excluding hydrogens is 280 g/mol. The van der Waals surface area contributed by atoms with Gasteiger partial charge in [0.1, 0.15) is 5.82 Å². The number of hydrogen-bond donors (Lipinski definition) is 3. The van der Waals surface area contributed by atoms with Gasteiger partial charge in [0.05, 0.1) is 5.56 Å². The lowest BCUT2D eigenvalue weighted by molar-refractivity contribution is 0.0697. The van der Waals surface area contributed by atoms with Crippen LogP contribution in [0.2, 0.25) is 0 Å². The molecule has 1 aromatic heterocycles. The van der Waals surface area contributed by atoms with Crippen LogP contribution < -0.4 is 10.6 Å². The molecule has 8 heteroatoms. The van der Waals surface area contributed by atoms with Gasteiger partial charge in [-0.25, -0.2) is 14.6 Å². The van der Waals surface area contributed by atoms with E-state index in [0.717, 1.165) is 17.1 Å². The van der Waals surface area contributed by atoms with Gasteiger partial charge in [0, 0.05) is 18.1 Å². The van der Waals surface area contributed by atoms with E-state index in [9.17, 15) is 9.59 Å². The monoisotopic (exact) mass is 292 g/mol. The lowest BCUT2D eigenvalue weighted by Crippen LogP contribution is -2.28. The van der Waals surface area contributed by atoms with Crippen LogP contribution in [0, 0.1) is 6.92 Å². The van der Waals surface area contributed by atoms with Crippen molar-refractivity contribution in [3.63, 3.8) is 0 Å². The Morgan fingerprint density at radius 1 is 1.30 bits per heavy atom. The summed E-state index contributed by atoms with van der Waals surface area (Å²) in [7, 11) is 0. The second kappa shape index (κ2) is 6.11. The fraction of sp³-hybridized carbons (Fsp3) is 0.167. The van der Waals surface area contributed by atoms with Gasteiger partial charge in [-0.1, -0.05) is 12.1 Å². The molecule has 0 bridgehead atoms. The molecule has 0 saturated carbocycles. The van der Waals surface area contributed by atoms with Crippen LogP contribution in [0.1, 0.15) is 21.7 Å². The van der Waals surface area contributed by atoms with Gasteiger partial charge in [0.25, 0.3) is 0 Å². The fourth-order valence-corrected chi connectivity index (χ4v) is 2.01. The highest BCUT2D eigenvalue weighted by molar-refractivity contribution is 7.09. The Hall–Kier alpha value is -2.48. The average Bonchev–Trinajstić information content (AvgIpc) is 2.82. The third kappa shape index (κ3) is 3.75. The van der Waals surface area contributed by atoms with Crippen molar-refractivity contribution < 1.29 is 14.7 Å². The van der Waals surface area contributed by atoms with Crippen molar-refractivity contribution in [2.45, 2.75) is 13.5 Å². The fourth-order valence-electron chi connectivity index (χ4n) is 1.44. The molecule has 1 heterocycles. The number of anilines is 1. The van der Waals surface area contributed by atoms with Crippen LogP contribution in [0.5, 0.6) is 0 Å². The summed E-state index contributed by atoms with van der Waals surface area (Å²) in [5.41, 5.74) is 1.01. The minimum atomic E-state index is -0.978. The molecule has 0 radical (unpaired) electrons. The number of carbonyl (C=O) groups excluding carboxylic acids is 1. The van der Waals surface area contributed by atoms with Crippen LogP contribution >= 0.6 is 11.5 Å². The van der Waals surface area contributed by atoms with Crippen molar-refractivity contribution in [3.8, 4) is 0 Å². The number of benzene rings is 1. The van der Waals surface area contributed by atoms with Crippen molar-refractivity contribution in [1.82, 2.24) is 14.7 Å². The number of nitrogens with one attached hydrogen (secondary N) is 2. The van der Waals surface area contributed by atoms with Gasteiger partial charge in [0.15, 0.2) is 0 Å². The molecule has 3 N–H and O–H groups in total. The Labute approximate surface area is 118 Å². The number of carboxylic acids is 1. The maximum Gasteiger partial charge on any atom is 0.335 e. The molecule has 2 rings (SSSR count). The first kappa shape index (κ1) is 13.9. The largest absolute Gasteiger partial charge is 0.478 e. The lowest BCUT2D eigenvalue weighted by Gasteiger charge is -2.05. The molecule has 2 aromatic rings. The van der Waals surface area contributed by atoms with Crippen LogP contribution in [0.3, 0.4) is 0 Å². The highest BCUT2D eigenvalue weighted by Crippen LogP contribution is 2.09. The first-order chi connectivity index (χ1) is 9.54. The summed E-state index contributed by atoms with van der Waals surface area (Å²) in [5, 5.41) is 14.4. The number of carbonyl (C=O) groups is 2. The van der Waals surface area contributed by atoms with Crippen molar-refractivity contribution in [2.24, 2.45) is 0 Å². The highest BCUT2D eigenvalue weighted by Gasteiger charge is 2.06. The van der Waals surface area contributed by atoms with Gasteiger partial charge in [-0.15, -0.1) is 0 Å². The van der Waals surface area contributed by atoms with E-state index < -0.39 is 5.97 Å². The van der Waals surface area contributed by atoms with Crippen molar-refractivity contribution >= 4 is 28.7 Å². The number of aromatic carboxylic acids is 1. The van der Waals surface area contributed by atoms with Gasteiger partial charge in [0.2, 0.25) is 5.13 Å². The molecule has 1 aromatic carbocycles. The molecule has 0 spiro atoms. The zero-order valence-electron chi connectivity index (χ0n) is 10.6. The molecule has 20 heavy (non-hydrogen) atoms. The second-order valence-corrected chi connectivity index (χ2v) is 4.71. The SMILES string of the molecule is Cc1nsc(NC(=O)NCc2ccc(C(=O)O)cc2)n1. The number of aryl methyl sites for hydroxylation is 1. The summed E-state index contributed by atoms with van der Waals surface area (Å²) in [6.07, 6.45) is 0. The molecule has 0 unspecified atom stereocenters. The summed E-state index contributed by atoms with van der Waals surface area (Å²) in [6, 6.07) is 5.90. The smallest absolute Gasteiger partial charge is 0.335 e. The second-order valence-electron chi connectivity index (χ2n) is 3.96. The van der Waals surface area contributed by atoms with Crippen LogP contribution in [0.4, 0.5) is 9.93 Å². The number of rotatable bonds is 4. The van der Waals surface area contributed by atoms with E-state index in [4.69, 9.17) is 5.11 Å². The zero-order valence-corrected chi connectivity index (χ0v) is 11.4. The average molecular weight is 292 g/mol. The molecule has 2 amide bonds. The summed E-state index contributed by atoms with van der Waals surface area (Å²) in [6.45, 7) is 2.03. The predicted molar refractivity (Wildman–Crippen MR) is 73.9 cm³/mol. The third-order valence-electron chi connectivity index (χ3n) is 2.40. The van der Waals surface area contributed by atoms with E-state index >= 15 is 0 Å². The number of amides is 2. The minimum absolute atomic E-state index is 0.211. The number of carboxylic acid groups (broad SMARTS) is 1. The molecule has 0 atom stereocenters. The van der Waals surface area contributed by atoms with Gasteiger partial charge in [-0.2, -0.15) is 4.37 Å². The van der Waals surface area contributed by atoms with E-state index in [2.05, 4.69) is 20.0 Å². The van der Waals surface area contributed by atoms with E-state index in [1.54, 1.807) is 19.1 Å². The first-order valence-corrected chi connectivity index (χ1v) is 6.49. The topological polar surface area (TPSA) is 104 Å². The lowest BCUT2D eigenvalue weighted by atomic mass is 10.1. The van der Waals surface area contributed by atoms with Gasteiger partial charge in [-0.05, 0) is 24.6 Å². The molecular formula is C12H12N4O3S. The van der Waals surface area contributed by atoms with E-state index in [-0.39, 0.29) is 11.6 Å². The zero-order chi connectivity index (χ0) is 14.5. The summed E-state index contributed by atoms with van der Waals surface area (Å²) >= 11 is 1.11. The minimum Gasteiger partial charge on any atom is -0.478 e. The van der Waals surface area contributed by atoms with Crippen molar-refractivity contribution in [2.75, 3.05) is 5.32 Å². The Morgan fingerprint density at radius 3 is 2.55 bits per heavy atom. The number of urea groups is 1. The Kier molecular flexibility index (Phi) is 4.26. The summed E-state index contributed by atoms with van der Waals surface area (Å²) in [4.78, 5) is 26.3. The summed E-state index contributed by atoms with van der Waals surface area (Å²) < 4.78 is 3.95. The van der Waals surface area contributed by atoms with E-state index in [1.165, 1.54) is 12.1 Å². The Bertz CT molecular complexity index is 624. The quantitative estimate of drug-likeness (QED) is 0.798. The molecule has 0 aliphatic rings. The van der Waals surface area contributed by atoms with Gasteiger partial charge >= 0.3 is 12.0 Å². The Morgan fingerprint density at radius 2 is 2.00 bits per heavy atom. The van der Waals surface area contributed by atoms with Crippen molar-refractivity contribution in [1.29, 1.82) is 0 Å². The molecule has 7 nitrogen and oxygen atoms in total. The first-order valence-electron chi connectivity index (χ1n) is 5.72. The van der Waals surface area contributed by atoms with Crippen molar-refractivity contribution in [3.05, 3.63) is 41.2 Å². The van der Waals surface area contributed by atoms with Crippen LogP contribution in [-0.4, -0.2) is 26.5 Å². The van der Waals surface area contributed by atoms with Gasteiger partial charge < -0.3 is 10.4 Å². The normalized spacial score (nSPS) is 10.1. The van der Waals surface area contributed by atoms with Crippen LogP contribution in [0.15, 0.2) is 24.3 Å². The predicted octanol–water partition coefficient (Wildman–Crippen LogP) is 1.87. The highest BCUT2D eigenvalue weighted by atomic mass is 32.1. The molecule has 104 valence electrons. The molecule has 0 aliphatic heterocycles. The number of hydrogen-bond acceptors (Lipinski definition) is 5.